The van der Waals surface area contributed by atoms with Crippen LogP contribution in [-0.4, -0.2) is 30.5 Å². The van der Waals surface area contributed by atoms with Crippen molar-refractivity contribution in [2.75, 3.05) is 25.0 Å². The van der Waals surface area contributed by atoms with Crippen LogP contribution in [0.4, 0.5) is 13.9 Å². The molecule has 134 valence electrons. The van der Waals surface area contributed by atoms with E-state index in [4.69, 9.17) is 0 Å². The van der Waals surface area contributed by atoms with Crippen LogP contribution in [0, 0.1) is 23.5 Å². The van der Waals surface area contributed by atoms with Crippen molar-refractivity contribution in [2.45, 2.75) is 20.3 Å². The van der Waals surface area contributed by atoms with E-state index in [0.29, 0.717) is 34.8 Å². The van der Waals surface area contributed by atoms with Crippen molar-refractivity contribution >= 4 is 22.4 Å². The van der Waals surface area contributed by atoms with Gasteiger partial charge in [-0.3, -0.25) is 10.1 Å². The van der Waals surface area contributed by atoms with E-state index in [2.05, 4.69) is 24.1 Å². The lowest BCUT2D eigenvalue weighted by Gasteiger charge is -2.31. The molecule has 0 unspecified atom stereocenters. The summed E-state index contributed by atoms with van der Waals surface area (Å²) in [5, 5.41) is 5.01. The molecule has 0 aliphatic carbocycles. The Kier molecular flexibility index (Phi) is 5.44. The number of quaternary nitrogens is 1. The van der Waals surface area contributed by atoms with Crippen LogP contribution in [0.2, 0.25) is 0 Å². The minimum absolute atomic E-state index is 0.0671. The van der Waals surface area contributed by atoms with Gasteiger partial charge >= 0.3 is 0 Å². The first-order valence-electron chi connectivity index (χ1n) is 8.45. The molecule has 3 rings (SSSR count). The number of halogens is 2. The zero-order valence-electron chi connectivity index (χ0n) is 14.3. The number of aromatic nitrogens is 1. The Morgan fingerprint density at radius 1 is 1.28 bits per heavy atom. The Labute approximate surface area is 149 Å². The van der Waals surface area contributed by atoms with Gasteiger partial charge in [-0.1, -0.05) is 13.8 Å². The first kappa shape index (κ1) is 17.9. The second-order valence-corrected chi connectivity index (χ2v) is 7.85. The summed E-state index contributed by atoms with van der Waals surface area (Å²) in [6.45, 7) is 6.89. The SMILES string of the molecule is C[C@H]1C[C@H](C)C[NH+](CC(=O)Nc2nc(-c3ccc(F)c(F)c3)cs2)C1. The van der Waals surface area contributed by atoms with Gasteiger partial charge in [-0.15, -0.1) is 11.3 Å². The summed E-state index contributed by atoms with van der Waals surface area (Å²) in [7, 11) is 0. The molecule has 1 aromatic heterocycles. The smallest absolute Gasteiger partial charge is 0.281 e. The second kappa shape index (κ2) is 7.58. The molecule has 1 amide bonds. The predicted octanol–water partition coefficient (Wildman–Crippen LogP) is 2.59. The standard InChI is InChI=1S/C18H21F2N3OS/c1-11-5-12(2)8-23(7-11)9-17(24)22-18-21-16(10-25-18)13-3-4-14(19)15(20)6-13/h3-4,6,10-12H,5,7-9H2,1-2H3,(H,21,22,24)/p+1/t11-,12-/m0/s1. The Hall–Kier alpha value is -1.86. The number of thiazole rings is 1. The number of hydrogen-bond donors (Lipinski definition) is 2. The summed E-state index contributed by atoms with van der Waals surface area (Å²) in [5.74, 6) is -0.603. The zero-order chi connectivity index (χ0) is 18.0. The number of likely N-dealkylation sites (tertiary alicyclic amines) is 1. The lowest BCUT2D eigenvalue weighted by atomic mass is 9.92. The number of nitrogens with zero attached hydrogens (tertiary/aromatic N) is 1. The lowest BCUT2D eigenvalue weighted by Crippen LogP contribution is -3.15. The van der Waals surface area contributed by atoms with Gasteiger partial charge in [-0.25, -0.2) is 13.8 Å². The minimum Gasteiger partial charge on any atom is -0.327 e. The van der Waals surface area contributed by atoms with Gasteiger partial charge in [0.15, 0.2) is 23.3 Å². The molecule has 1 aliphatic heterocycles. The van der Waals surface area contributed by atoms with E-state index in [-0.39, 0.29) is 5.91 Å². The number of benzene rings is 1. The normalized spacial score (nSPS) is 23.4. The molecule has 4 nitrogen and oxygen atoms in total. The van der Waals surface area contributed by atoms with Gasteiger partial charge in [0.2, 0.25) is 0 Å². The van der Waals surface area contributed by atoms with Crippen LogP contribution in [0.5, 0.6) is 0 Å². The molecular weight excluding hydrogens is 344 g/mol. The van der Waals surface area contributed by atoms with Crippen molar-refractivity contribution in [3.63, 3.8) is 0 Å². The van der Waals surface area contributed by atoms with Crippen LogP contribution < -0.4 is 10.2 Å². The van der Waals surface area contributed by atoms with Gasteiger partial charge in [0.25, 0.3) is 5.91 Å². The number of nitrogens with one attached hydrogen (secondary N) is 2. The number of anilines is 1. The molecular formula is C18H22F2N3OS+. The summed E-state index contributed by atoms with van der Waals surface area (Å²) in [5.41, 5.74) is 1.01. The van der Waals surface area contributed by atoms with Crippen molar-refractivity contribution in [1.29, 1.82) is 0 Å². The quantitative estimate of drug-likeness (QED) is 0.874. The highest BCUT2D eigenvalue weighted by Gasteiger charge is 2.26. The molecule has 7 heteroatoms. The topological polar surface area (TPSA) is 46.4 Å². The second-order valence-electron chi connectivity index (χ2n) is 7.00. The molecule has 1 aliphatic rings. The van der Waals surface area contributed by atoms with Crippen LogP contribution in [0.3, 0.4) is 0 Å². The van der Waals surface area contributed by atoms with Gasteiger partial charge in [-0.05, 0) is 24.6 Å². The van der Waals surface area contributed by atoms with Crippen LogP contribution >= 0.6 is 11.3 Å². The molecule has 1 aromatic carbocycles. The average Bonchev–Trinajstić information content (AvgIpc) is 2.97. The maximum Gasteiger partial charge on any atom is 0.281 e. The number of piperidine rings is 1. The molecule has 0 bridgehead atoms. The Bertz CT molecular complexity index is 755. The molecule has 1 fully saturated rings. The van der Waals surface area contributed by atoms with Crippen molar-refractivity contribution in [1.82, 2.24) is 4.98 Å². The summed E-state index contributed by atoms with van der Waals surface area (Å²) < 4.78 is 26.4. The molecule has 2 heterocycles. The third-order valence-corrected chi connectivity index (χ3v) is 5.21. The average molecular weight is 366 g/mol. The fraction of sp³-hybridized carbons (Fsp3) is 0.444. The van der Waals surface area contributed by atoms with E-state index in [1.807, 2.05) is 0 Å². The zero-order valence-corrected chi connectivity index (χ0v) is 15.1. The maximum atomic E-state index is 13.3. The first-order valence-corrected chi connectivity index (χ1v) is 9.33. The maximum absolute atomic E-state index is 13.3. The molecule has 25 heavy (non-hydrogen) atoms. The van der Waals surface area contributed by atoms with E-state index in [1.165, 1.54) is 28.7 Å². The van der Waals surface area contributed by atoms with Crippen LogP contribution in [-0.2, 0) is 4.79 Å². The molecule has 1 saturated heterocycles. The van der Waals surface area contributed by atoms with Crippen LogP contribution in [0.25, 0.3) is 11.3 Å². The van der Waals surface area contributed by atoms with Gasteiger partial charge in [-0.2, -0.15) is 0 Å². The third-order valence-electron chi connectivity index (χ3n) is 4.46. The van der Waals surface area contributed by atoms with Gasteiger partial charge in [0.1, 0.15) is 0 Å². The monoisotopic (exact) mass is 366 g/mol. The van der Waals surface area contributed by atoms with E-state index in [0.717, 1.165) is 25.2 Å². The highest BCUT2D eigenvalue weighted by Crippen LogP contribution is 2.26. The Balaban J connectivity index is 1.61. The van der Waals surface area contributed by atoms with Crippen LogP contribution in [0.1, 0.15) is 20.3 Å². The molecule has 2 atom stereocenters. The summed E-state index contributed by atoms with van der Waals surface area (Å²) in [4.78, 5) is 17.9. The number of rotatable bonds is 4. The number of hydrogen-bond acceptors (Lipinski definition) is 3. The number of amides is 1. The van der Waals surface area contributed by atoms with Crippen molar-refractivity contribution < 1.29 is 18.5 Å². The van der Waals surface area contributed by atoms with E-state index < -0.39 is 11.6 Å². The molecule has 0 spiro atoms. The lowest BCUT2D eigenvalue weighted by molar-refractivity contribution is -0.904. The first-order chi connectivity index (χ1) is 11.9. The van der Waals surface area contributed by atoms with Gasteiger partial charge in [0, 0.05) is 22.8 Å². The Morgan fingerprint density at radius 2 is 2.00 bits per heavy atom. The largest absolute Gasteiger partial charge is 0.327 e. The van der Waals surface area contributed by atoms with Crippen molar-refractivity contribution in [3.05, 3.63) is 35.2 Å². The molecule has 2 N–H and O–H groups in total. The Morgan fingerprint density at radius 3 is 2.68 bits per heavy atom. The van der Waals surface area contributed by atoms with Crippen molar-refractivity contribution in [3.8, 4) is 11.3 Å². The molecule has 2 aromatic rings. The van der Waals surface area contributed by atoms with Crippen LogP contribution in [0.15, 0.2) is 23.6 Å². The highest BCUT2D eigenvalue weighted by molar-refractivity contribution is 7.14. The van der Waals surface area contributed by atoms with E-state index >= 15 is 0 Å². The number of carbonyl (C=O) groups is 1. The van der Waals surface area contributed by atoms with E-state index in [1.54, 1.807) is 5.38 Å². The fourth-order valence-corrected chi connectivity index (χ4v) is 4.31. The predicted molar refractivity (Wildman–Crippen MR) is 94.6 cm³/mol. The molecule has 0 radical (unpaired) electrons. The summed E-state index contributed by atoms with van der Waals surface area (Å²) >= 11 is 1.28. The third kappa shape index (κ3) is 4.61. The summed E-state index contributed by atoms with van der Waals surface area (Å²) in [6, 6.07) is 3.65. The number of carbonyl (C=O) groups excluding carboxylic acids is 1. The highest BCUT2D eigenvalue weighted by atomic mass is 32.1. The minimum atomic E-state index is -0.909. The van der Waals surface area contributed by atoms with Gasteiger partial charge < -0.3 is 4.90 Å². The summed E-state index contributed by atoms with van der Waals surface area (Å²) in [6.07, 6.45) is 1.22. The van der Waals surface area contributed by atoms with Gasteiger partial charge in [0.05, 0.1) is 18.8 Å². The fourth-order valence-electron chi connectivity index (χ4n) is 3.58. The molecule has 0 saturated carbocycles. The van der Waals surface area contributed by atoms with E-state index in [9.17, 15) is 13.6 Å². The van der Waals surface area contributed by atoms with Crippen molar-refractivity contribution in [2.24, 2.45) is 11.8 Å².